The number of hydrogen-bond acceptors (Lipinski definition) is 3. The number of nitrogens with one attached hydrogen (secondary N) is 1. The molecule has 0 saturated carbocycles. The van der Waals surface area contributed by atoms with Crippen molar-refractivity contribution in [2.24, 2.45) is 7.05 Å². The van der Waals surface area contributed by atoms with Crippen molar-refractivity contribution in [3.05, 3.63) is 58.4 Å². The topological polar surface area (TPSA) is 60.3 Å². The minimum Gasteiger partial charge on any atom is -0.469 e. The van der Waals surface area contributed by atoms with Gasteiger partial charge >= 0.3 is 5.97 Å². The van der Waals surface area contributed by atoms with E-state index in [0.717, 1.165) is 11.1 Å². The fourth-order valence-corrected chi connectivity index (χ4v) is 2.40. The van der Waals surface area contributed by atoms with Crippen LogP contribution in [-0.4, -0.2) is 23.6 Å². The number of carbonyl (C=O) groups excluding carboxylic acids is 2. The van der Waals surface area contributed by atoms with Crippen LogP contribution >= 0.6 is 11.6 Å². The molecule has 1 heterocycles. The van der Waals surface area contributed by atoms with E-state index in [9.17, 15) is 9.59 Å². The number of aromatic nitrogens is 1. The van der Waals surface area contributed by atoms with Crippen LogP contribution in [0.4, 0.5) is 0 Å². The first-order valence-electron chi connectivity index (χ1n) is 6.75. The van der Waals surface area contributed by atoms with E-state index in [4.69, 9.17) is 11.6 Å². The molecule has 2 aromatic rings. The Morgan fingerprint density at radius 1 is 1.27 bits per heavy atom. The predicted molar refractivity (Wildman–Crippen MR) is 83.8 cm³/mol. The van der Waals surface area contributed by atoms with Crippen LogP contribution in [-0.2, 0) is 29.5 Å². The van der Waals surface area contributed by atoms with Gasteiger partial charge in [0.15, 0.2) is 0 Å². The largest absolute Gasteiger partial charge is 0.469 e. The van der Waals surface area contributed by atoms with Crippen molar-refractivity contribution in [2.75, 3.05) is 7.11 Å². The predicted octanol–water partition coefficient (Wildman–Crippen LogP) is 2.32. The molecule has 0 radical (unpaired) electrons. The third-order valence-electron chi connectivity index (χ3n) is 3.32. The Hall–Kier alpha value is -2.27. The highest BCUT2D eigenvalue weighted by atomic mass is 35.5. The number of halogens is 1. The molecule has 6 heteroatoms. The molecule has 0 aliphatic carbocycles. The maximum Gasteiger partial charge on any atom is 0.309 e. The molecule has 116 valence electrons. The third kappa shape index (κ3) is 3.89. The van der Waals surface area contributed by atoms with Gasteiger partial charge in [-0.25, -0.2) is 0 Å². The molecule has 2 rings (SSSR count). The fourth-order valence-electron chi connectivity index (χ4n) is 2.15. The highest BCUT2D eigenvalue weighted by molar-refractivity contribution is 6.31. The lowest BCUT2D eigenvalue weighted by molar-refractivity contribution is -0.139. The fraction of sp³-hybridized carbons (Fsp3) is 0.250. The van der Waals surface area contributed by atoms with E-state index < -0.39 is 0 Å². The van der Waals surface area contributed by atoms with E-state index in [1.54, 1.807) is 23.9 Å². The molecule has 0 aliphatic heterocycles. The second-order valence-electron chi connectivity index (χ2n) is 4.86. The zero-order valence-corrected chi connectivity index (χ0v) is 13.2. The molecule has 1 amide bonds. The summed E-state index contributed by atoms with van der Waals surface area (Å²) in [5, 5.41) is 3.34. The van der Waals surface area contributed by atoms with Gasteiger partial charge in [-0.15, -0.1) is 0 Å². The Kier molecular flexibility index (Phi) is 5.22. The maximum atomic E-state index is 12.2. The molecule has 0 saturated heterocycles. The Morgan fingerprint density at radius 3 is 2.55 bits per heavy atom. The summed E-state index contributed by atoms with van der Waals surface area (Å²) in [6.07, 6.45) is 1.85. The molecule has 1 N–H and O–H groups in total. The van der Waals surface area contributed by atoms with Crippen LogP contribution in [0.1, 0.15) is 21.6 Å². The average Bonchev–Trinajstić information content (AvgIpc) is 2.84. The number of ether oxygens (including phenoxy) is 1. The highest BCUT2D eigenvalue weighted by Crippen LogP contribution is 2.14. The number of amides is 1. The van der Waals surface area contributed by atoms with Gasteiger partial charge in [-0.05, 0) is 17.2 Å². The van der Waals surface area contributed by atoms with E-state index in [1.807, 2.05) is 24.3 Å². The van der Waals surface area contributed by atoms with Crippen molar-refractivity contribution in [3.63, 3.8) is 0 Å². The summed E-state index contributed by atoms with van der Waals surface area (Å²) < 4.78 is 6.34. The molecule has 1 aromatic heterocycles. The number of esters is 1. The summed E-state index contributed by atoms with van der Waals surface area (Å²) in [4.78, 5) is 23.6. The summed E-state index contributed by atoms with van der Waals surface area (Å²) in [6, 6.07) is 9.04. The molecule has 0 spiro atoms. The molecule has 0 atom stereocenters. The number of benzene rings is 1. The van der Waals surface area contributed by atoms with Crippen LogP contribution < -0.4 is 5.32 Å². The first-order chi connectivity index (χ1) is 10.5. The molecule has 0 unspecified atom stereocenters. The van der Waals surface area contributed by atoms with Crippen molar-refractivity contribution in [2.45, 2.75) is 13.0 Å². The monoisotopic (exact) mass is 320 g/mol. The number of hydrogen-bond donors (Lipinski definition) is 1. The number of nitrogens with zero attached hydrogens (tertiary/aromatic N) is 1. The number of rotatable bonds is 5. The van der Waals surface area contributed by atoms with Crippen LogP contribution in [0.2, 0.25) is 5.02 Å². The van der Waals surface area contributed by atoms with Crippen LogP contribution in [0.15, 0.2) is 36.5 Å². The van der Waals surface area contributed by atoms with E-state index in [-0.39, 0.29) is 18.3 Å². The first kappa shape index (κ1) is 16.1. The maximum absolute atomic E-state index is 12.2. The second kappa shape index (κ2) is 7.13. The summed E-state index contributed by atoms with van der Waals surface area (Å²) in [6.45, 7) is 0.328. The van der Waals surface area contributed by atoms with Gasteiger partial charge in [0.2, 0.25) is 0 Å². The Morgan fingerprint density at radius 2 is 1.95 bits per heavy atom. The smallest absolute Gasteiger partial charge is 0.309 e. The Balaban J connectivity index is 2.07. The SMILES string of the molecule is COC(=O)Cc1ccccc1CNC(=O)c1cc(Cl)cn1C. The minimum atomic E-state index is -0.312. The van der Waals surface area contributed by atoms with Gasteiger partial charge in [0.05, 0.1) is 18.6 Å². The average molecular weight is 321 g/mol. The van der Waals surface area contributed by atoms with E-state index in [1.165, 1.54) is 7.11 Å². The van der Waals surface area contributed by atoms with Gasteiger partial charge in [-0.1, -0.05) is 35.9 Å². The summed E-state index contributed by atoms with van der Waals surface area (Å²) in [7, 11) is 3.11. The molecule has 22 heavy (non-hydrogen) atoms. The van der Waals surface area contributed by atoms with Gasteiger partial charge < -0.3 is 14.6 Å². The summed E-state index contributed by atoms with van der Waals surface area (Å²) in [5.41, 5.74) is 2.19. The second-order valence-corrected chi connectivity index (χ2v) is 5.30. The van der Waals surface area contributed by atoms with Crippen molar-refractivity contribution in [1.82, 2.24) is 9.88 Å². The normalized spacial score (nSPS) is 10.3. The number of aryl methyl sites for hydroxylation is 1. The molecule has 0 aliphatic rings. The third-order valence-corrected chi connectivity index (χ3v) is 3.53. The lowest BCUT2D eigenvalue weighted by Gasteiger charge is -2.10. The zero-order chi connectivity index (χ0) is 16.1. The van der Waals surface area contributed by atoms with Crippen molar-refractivity contribution in [3.8, 4) is 0 Å². The van der Waals surface area contributed by atoms with Gasteiger partial charge in [0.1, 0.15) is 5.69 Å². The lowest BCUT2D eigenvalue weighted by atomic mass is 10.0. The minimum absolute atomic E-state index is 0.179. The summed E-state index contributed by atoms with van der Waals surface area (Å²) in [5.74, 6) is -0.532. The summed E-state index contributed by atoms with van der Waals surface area (Å²) >= 11 is 5.87. The molecule has 1 aromatic carbocycles. The van der Waals surface area contributed by atoms with E-state index in [2.05, 4.69) is 10.1 Å². The highest BCUT2D eigenvalue weighted by Gasteiger charge is 2.12. The molecular formula is C16H17ClN2O3. The first-order valence-corrected chi connectivity index (χ1v) is 7.12. The van der Waals surface area contributed by atoms with Gasteiger partial charge in [0, 0.05) is 19.8 Å². The van der Waals surface area contributed by atoms with Crippen molar-refractivity contribution in [1.29, 1.82) is 0 Å². The van der Waals surface area contributed by atoms with Gasteiger partial charge in [-0.3, -0.25) is 9.59 Å². The van der Waals surface area contributed by atoms with Crippen LogP contribution in [0.5, 0.6) is 0 Å². The number of carbonyl (C=O) groups is 2. The van der Waals surface area contributed by atoms with E-state index in [0.29, 0.717) is 17.3 Å². The molecule has 0 fully saturated rings. The van der Waals surface area contributed by atoms with E-state index >= 15 is 0 Å². The van der Waals surface area contributed by atoms with Gasteiger partial charge in [-0.2, -0.15) is 0 Å². The molecule has 5 nitrogen and oxygen atoms in total. The number of methoxy groups -OCH3 is 1. The lowest BCUT2D eigenvalue weighted by Crippen LogP contribution is -2.25. The Labute approximate surface area is 133 Å². The zero-order valence-electron chi connectivity index (χ0n) is 12.4. The molecular weight excluding hydrogens is 304 g/mol. The standard InChI is InChI=1S/C16H17ClN2O3/c1-19-10-13(17)8-14(19)16(21)18-9-12-6-4-3-5-11(12)7-15(20)22-2/h3-6,8,10H,7,9H2,1-2H3,(H,18,21). The van der Waals surface area contributed by atoms with Crippen LogP contribution in [0.3, 0.4) is 0 Å². The van der Waals surface area contributed by atoms with Crippen LogP contribution in [0.25, 0.3) is 0 Å². The van der Waals surface area contributed by atoms with Crippen LogP contribution in [0, 0.1) is 0 Å². The van der Waals surface area contributed by atoms with Crippen molar-refractivity contribution >= 4 is 23.5 Å². The van der Waals surface area contributed by atoms with Gasteiger partial charge in [0.25, 0.3) is 5.91 Å². The van der Waals surface area contributed by atoms with Crippen molar-refractivity contribution < 1.29 is 14.3 Å². The quantitative estimate of drug-likeness (QED) is 0.860. The molecule has 0 bridgehead atoms. The Bertz CT molecular complexity index is 694.